The number of allylic oxidation sites excluding steroid dienone is 1. The minimum absolute atomic E-state index is 0.0175. The van der Waals surface area contributed by atoms with Gasteiger partial charge >= 0.3 is 0 Å². The van der Waals surface area contributed by atoms with Crippen LogP contribution in [0.15, 0.2) is 48.3 Å². The van der Waals surface area contributed by atoms with Crippen LogP contribution in [0.3, 0.4) is 0 Å². The van der Waals surface area contributed by atoms with Gasteiger partial charge in [0.1, 0.15) is 23.3 Å². The molecule has 2 aromatic carbocycles. The van der Waals surface area contributed by atoms with E-state index >= 15 is 0 Å². The number of nitro benzene ring substituents is 1. The molecule has 1 N–H and O–H groups in total. The number of nitro groups is 1. The highest BCUT2D eigenvalue weighted by Crippen LogP contribution is 2.46. The fourth-order valence-electron chi connectivity index (χ4n) is 4.15. The number of thiophene rings is 1. The van der Waals surface area contributed by atoms with E-state index in [0.717, 1.165) is 4.88 Å². The molecule has 0 radical (unpaired) electrons. The standard InChI is InChI=1S/C22H17FN4O3S/c23-17-6-2-5-15-18-16(12-24)22(26-7-9-30-10-8-26)25-19(21(18)31-20(15)17)13-3-1-4-14(11-13)27(28)29/h1-6,11,19,25H,7-10H2. The van der Waals surface area contributed by atoms with Crippen molar-refractivity contribution >= 4 is 32.7 Å². The normalized spacial score (nSPS) is 18.5. The molecule has 0 bridgehead atoms. The van der Waals surface area contributed by atoms with Crippen molar-refractivity contribution in [2.24, 2.45) is 0 Å². The van der Waals surface area contributed by atoms with Crippen LogP contribution in [-0.2, 0) is 4.74 Å². The van der Waals surface area contributed by atoms with Crippen molar-refractivity contribution in [3.63, 3.8) is 0 Å². The van der Waals surface area contributed by atoms with Gasteiger partial charge in [-0.2, -0.15) is 5.26 Å². The van der Waals surface area contributed by atoms with Crippen LogP contribution in [0.4, 0.5) is 10.1 Å². The lowest BCUT2D eigenvalue weighted by Gasteiger charge is -2.37. The molecule has 2 aliphatic rings. The zero-order chi connectivity index (χ0) is 21.5. The molecule has 3 aromatic rings. The summed E-state index contributed by atoms with van der Waals surface area (Å²) in [5, 5.41) is 25.5. The number of hydrogen-bond acceptors (Lipinski definition) is 7. The molecule has 0 aliphatic carbocycles. The number of ether oxygens (including phenoxy) is 1. The Kier molecular flexibility index (Phi) is 4.81. The topological polar surface area (TPSA) is 91.4 Å². The van der Waals surface area contributed by atoms with E-state index in [1.807, 2.05) is 12.1 Å². The van der Waals surface area contributed by atoms with Gasteiger partial charge in [-0.3, -0.25) is 10.1 Å². The molecule has 0 spiro atoms. The molecule has 1 atom stereocenters. The number of rotatable bonds is 3. The fourth-order valence-corrected chi connectivity index (χ4v) is 5.45. The maximum absolute atomic E-state index is 14.6. The van der Waals surface area contributed by atoms with Crippen molar-refractivity contribution in [3.05, 3.63) is 80.2 Å². The lowest BCUT2D eigenvalue weighted by atomic mass is 9.92. The average Bonchev–Trinajstić information content (AvgIpc) is 3.19. The highest BCUT2D eigenvalue weighted by atomic mass is 32.1. The first-order chi connectivity index (χ1) is 15.1. The highest BCUT2D eigenvalue weighted by Gasteiger charge is 2.35. The minimum Gasteiger partial charge on any atom is -0.378 e. The van der Waals surface area contributed by atoms with Crippen LogP contribution in [0.2, 0.25) is 0 Å². The van der Waals surface area contributed by atoms with Crippen molar-refractivity contribution < 1.29 is 14.1 Å². The van der Waals surface area contributed by atoms with Crippen molar-refractivity contribution in [2.75, 3.05) is 26.3 Å². The molecular formula is C22H17FN4O3S. The Hall–Kier alpha value is -3.48. The number of non-ortho nitro benzene ring substituents is 1. The highest BCUT2D eigenvalue weighted by molar-refractivity contribution is 7.19. The van der Waals surface area contributed by atoms with Crippen LogP contribution in [0.1, 0.15) is 22.0 Å². The number of halogens is 1. The third-order valence-corrected chi connectivity index (χ3v) is 6.86. The largest absolute Gasteiger partial charge is 0.378 e. The van der Waals surface area contributed by atoms with Gasteiger partial charge in [0, 0.05) is 41.0 Å². The van der Waals surface area contributed by atoms with Gasteiger partial charge in [-0.15, -0.1) is 11.3 Å². The van der Waals surface area contributed by atoms with E-state index < -0.39 is 11.0 Å². The number of nitrogens with one attached hydrogen (secondary N) is 1. The summed E-state index contributed by atoms with van der Waals surface area (Å²) in [5.41, 5.74) is 1.82. The van der Waals surface area contributed by atoms with Gasteiger partial charge in [0.2, 0.25) is 0 Å². The van der Waals surface area contributed by atoms with E-state index in [1.165, 1.54) is 29.5 Å². The first-order valence-corrected chi connectivity index (χ1v) is 10.6. The van der Waals surface area contributed by atoms with Crippen LogP contribution in [0.25, 0.3) is 15.7 Å². The number of hydrogen-bond donors (Lipinski definition) is 1. The van der Waals surface area contributed by atoms with Gasteiger partial charge in [-0.25, -0.2) is 4.39 Å². The number of benzene rings is 2. The minimum atomic E-state index is -0.443. The Balaban J connectivity index is 1.76. The second kappa shape index (κ2) is 7.65. The van der Waals surface area contributed by atoms with E-state index in [1.54, 1.807) is 12.1 Å². The fraction of sp³-hybridized carbons (Fsp3) is 0.227. The zero-order valence-corrected chi connectivity index (χ0v) is 17.1. The van der Waals surface area contributed by atoms with Crippen molar-refractivity contribution in [1.82, 2.24) is 10.2 Å². The van der Waals surface area contributed by atoms with Crippen LogP contribution in [0, 0.1) is 27.3 Å². The molecule has 7 nitrogen and oxygen atoms in total. The molecular weight excluding hydrogens is 419 g/mol. The van der Waals surface area contributed by atoms with Crippen LogP contribution >= 0.6 is 11.3 Å². The molecule has 1 aromatic heterocycles. The molecule has 9 heteroatoms. The summed E-state index contributed by atoms with van der Waals surface area (Å²) in [6.07, 6.45) is 0. The van der Waals surface area contributed by atoms with Gasteiger partial charge in [-0.05, 0) is 11.6 Å². The summed E-state index contributed by atoms with van der Waals surface area (Å²) >= 11 is 1.28. The van der Waals surface area contributed by atoms with Crippen LogP contribution in [-0.4, -0.2) is 36.1 Å². The molecule has 1 saturated heterocycles. The van der Waals surface area contributed by atoms with Gasteiger partial charge in [0.25, 0.3) is 5.69 Å². The number of fused-ring (bicyclic) bond motifs is 3. The maximum Gasteiger partial charge on any atom is 0.269 e. The molecule has 31 heavy (non-hydrogen) atoms. The molecule has 0 amide bonds. The Morgan fingerprint density at radius 1 is 1.26 bits per heavy atom. The average molecular weight is 436 g/mol. The number of nitrogens with zero attached hydrogens (tertiary/aromatic N) is 3. The summed E-state index contributed by atoms with van der Waals surface area (Å²) in [6.45, 7) is 2.30. The van der Waals surface area contributed by atoms with E-state index in [4.69, 9.17) is 4.74 Å². The predicted molar refractivity (Wildman–Crippen MR) is 115 cm³/mol. The Morgan fingerprint density at radius 2 is 2.03 bits per heavy atom. The van der Waals surface area contributed by atoms with E-state index in [9.17, 15) is 19.8 Å². The molecule has 1 unspecified atom stereocenters. The molecule has 2 aliphatic heterocycles. The predicted octanol–water partition coefficient (Wildman–Crippen LogP) is 4.17. The summed E-state index contributed by atoms with van der Waals surface area (Å²) in [7, 11) is 0. The third kappa shape index (κ3) is 3.21. The Bertz CT molecular complexity index is 1270. The van der Waals surface area contributed by atoms with Gasteiger partial charge in [0.05, 0.1) is 28.9 Å². The Labute approximate surface area is 181 Å². The van der Waals surface area contributed by atoms with Crippen molar-refractivity contribution in [1.29, 1.82) is 5.26 Å². The lowest BCUT2D eigenvalue weighted by Crippen LogP contribution is -2.43. The number of nitriles is 1. The van der Waals surface area contributed by atoms with Gasteiger partial charge in [0.15, 0.2) is 0 Å². The number of morpholine rings is 1. The molecule has 0 saturated carbocycles. The monoisotopic (exact) mass is 436 g/mol. The first-order valence-electron chi connectivity index (χ1n) is 9.77. The summed E-state index contributed by atoms with van der Waals surface area (Å²) in [6, 6.07) is 13.1. The van der Waals surface area contributed by atoms with E-state index in [0.29, 0.717) is 58.9 Å². The zero-order valence-electron chi connectivity index (χ0n) is 16.3. The summed E-state index contributed by atoms with van der Waals surface area (Å²) in [5.74, 6) is 0.304. The van der Waals surface area contributed by atoms with Crippen molar-refractivity contribution in [3.8, 4) is 6.07 Å². The van der Waals surface area contributed by atoms with Gasteiger partial charge in [-0.1, -0.05) is 24.3 Å². The second-order valence-electron chi connectivity index (χ2n) is 7.32. The molecule has 156 valence electrons. The molecule has 1 fully saturated rings. The van der Waals surface area contributed by atoms with Gasteiger partial charge < -0.3 is 15.0 Å². The molecule has 5 rings (SSSR count). The third-order valence-electron chi connectivity index (χ3n) is 5.58. The summed E-state index contributed by atoms with van der Waals surface area (Å²) in [4.78, 5) is 13.7. The maximum atomic E-state index is 14.6. The smallest absolute Gasteiger partial charge is 0.269 e. The van der Waals surface area contributed by atoms with Crippen molar-refractivity contribution in [2.45, 2.75) is 6.04 Å². The molecule has 3 heterocycles. The lowest BCUT2D eigenvalue weighted by molar-refractivity contribution is -0.384. The van der Waals surface area contributed by atoms with E-state index in [2.05, 4.69) is 16.3 Å². The van der Waals surface area contributed by atoms with Crippen LogP contribution in [0.5, 0.6) is 0 Å². The second-order valence-corrected chi connectivity index (χ2v) is 8.37. The SMILES string of the molecule is N#CC1=C(N2CCOCC2)NC(c2cccc([N+](=O)[O-])c2)c2sc3c(F)cccc3c21. The summed E-state index contributed by atoms with van der Waals surface area (Å²) < 4.78 is 20.6. The quantitative estimate of drug-likeness (QED) is 0.490. The first kappa shape index (κ1) is 19.5. The Morgan fingerprint density at radius 3 is 2.77 bits per heavy atom. The van der Waals surface area contributed by atoms with E-state index in [-0.39, 0.29) is 11.5 Å². The van der Waals surface area contributed by atoms with Crippen LogP contribution < -0.4 is 5.32 Å².